The number of fused-ring (bicyclic) bond motifs is 1. The van der Waals surface area contributed by atoms with Crippen LogP contribution in [0.2, 0.25) is 0 Å². The summed E-state index contributed by atoms with van der Waals surface area (Å²) in [6.07, 6.45) is -4.70. The summed E-state index contributed by atoms with van der Waals surface area (Å²) in [4.78, 5) is 19.5. The second kappa shape index (κ2) is 7.51. The average molecular weight is 395 g/mol. The van der Waals surface area contributed by atoms with Crippen LogP contribution in [0.15, 0.2) is 53.6 Å². The summed E-state index contributed by atoms with van der Waals surface area (Å²) >= 11 is 0.878. The van der Waals surface area contributed by atoms with Crippen molar-refractivity contribution in [2.45, 2.75) is 23.4 Å². The van der Waals surface area contributed by atoms with Crippen LogP contribution in [-0.2, 0) is 11.0 Å². The Bertz CT molecular complexity index is 994. The molecule has 2 aromatic carbocycles. The maximum Gasteiger partial charge on any atom is 0.451 e. The maximum atomic E-state index is 13.2. The molecule has 0 spiro atoms. The van der Waals surface area contributed by atoms with Crippen LogP contribution < -0.4 is 5.32 Å². The van der Waals surface area contributed by atoms with Crippen molar-refractivity contribution in [2.75, 3.05) is 5.32 Å². The number of aromatic nitrogens is 2. The van der Waals surface area contributed by atoms with Gasteiger partial charge in [0.05, 0.1) is 10.8 Å². The molecule has 0 unspecified atom stereocenters. The van der Waals surface area contributed by atoms with E-state index >= 15 is 0 Å². The maximum absolute atomic E-state index is 13.2. The summed E-state index contributed by atoms with van der Waals surface area (Å²) in [5.41, 5.74) is 0.399. The van der Waals surface area contributed by atoms with Gasteiger partial charge in [0.25, 0.3) is 0 Å². The van der Waals surface area contributed by atoms with Crippen molar-refractivity contribution in [3.8, 4) is 0 Å². The van der Waals surface area contributed by atoms with E-state index in [2.05, 4.69) is 15.3 Å². The number of nitrogens with zero attached hydrogens (tertiary/aromatic N) is 2. The number of carbonyl (C=O) groups is 1. The van der Waals surface area contributed by atoms with Crippen molar-refractivity contribution in [3.05, 3.63) is 60.2 Å². The number of rotatable bonds is 4. The predicted octanol–water partition coefficient (Wildman–Crippen LogP) is 4.91. The zero-order chi connectivity index (χ0) is 19.6. The Morgan fingerprint density at radius 1 is 1.11 bits per heavy atom. The third kappa shape index (κ3) is 4.54. The Hall–Kier alpha value is -2.68. The van der Waals surface area contributed by atoms with Crippen LogP contribution >= 0.6 is 11.8 Å². The van der Waals surface area contributed by atoms with E-state index in [0.29, 0.717) is 5.39 Å². The van der Waals surface area contributed by atoms with Crippen LogP contribution in [0.5, 0.6) is 0 Å². The Balaban J connectivity index is 1.87. The highest BCUT2D eigenvalue weighted by atomic mass is 32.2. The molecule has 3 rings (SSSR count). The molecular weight excluding hydrogens is 382 g/mol. The summed E-state index contributed by atoms with van der Waals surface area (Å²) < 4.78 is 52.4. The Morgan fingerprint density at radius 3 is 2.56 bits per heavy atom. The van der Waals surface area contributed by atoms with Crippen LogP contribution in [-0.4, -0.2) is 21.1 Å². The lowest BCUT2D eigenvalue weighted by Gasteiger charge is -2.14. The Morgan fingerprint density at radius 2 is 1.85 bits per heavy atom. The molecule has 0 aliphatic heterocycles. The number of benzene rings is 2. The highest BCUT2D eigenvalue weighted by Gasteiger charge is 2.35. The zero-order valence-electron chi connectivity index (χ0n) is 13.9. The van der Waals surface area contributed by atoms with Gasteiger partial charge in [0.15, 0.2) is 0 Å². The quantitative estimate of drug-likeness (QED) is 0.388. The molecule has 27 heavy (non-hydrogen) atoms. The van der Waals surface area contributed by atoms with E-state index in [1.807, 2.05) is 0 Å². The Labute approximate surface area is 156 Å². The van der Waals surface area contributed by atoms with Gasteiger partial charge >= 0.3 is 6.18 Å². The number of nitrogens with one attached hydrogen (secondary N) is 1. The summed E-state index contributed by atoms with van der Waals surface area (Å²) in [7, 11) is 0. The van der Waals surface area contributed by atoms with Crippen molar-refractivity contribution in [2.24, 2.45) is 0 Å². The summed E-state index contributed by atoms with van der Waals surface area (Å²) in [5, 5.41) is 2.23. The average Bonchev–Trinajstić information content (AvgIpc) is 2.60. The molecular formula is C18H13F4N3OS. The first-order chi connectivity index (χ1) is 12.7. The minimum atomic E-state index is -4.70. The molecule has 1 amide bonds. The first kappa shape index (κ1) is 19.1. The number of alkyl halides is 3. The molecule has 3 aromatic rings. The smallest absolute Gasteiger partial charge is 0.325 e. The minimum absolute atomic E-state index is 0.0508. The molecule has 4 nitrogen and oxygen atoms in total. The number of thioether (sulfide) groups is 1. The summed E-state index contributed by atoms with van der Waals surface area (Å²) in [6, 6.07) is 11.6. The molecule has 1 aromatic heterocycles. The highest BCUT2D eigenvalue weighted by Crippen LogP contribution is 2.33. The molecule has 0 saturated heterocycles. The van der Waals surface area contributed by atoms with Crippen LogP contribution in [0.25, 0.3) is 10.9 Å². The highest BCUT2D eigenvalue weighted by molar-refractivity contribution is 8.00. The largest absolute Gasteiger partial charge is 0.451 e. The fourth-order valence-electron chi connectivity index (χ4n) is 2.30. The summed E-state index contributed by atoms with van der Waals surface area (Å²) in [5.74, 6) is -2.26. The molecule has 0 saturated carbocycles. The van der Waals surface area contributed by atoms with Crippen LogP contribution in [0.4, 0.5) is 23.2 Å². The molecule has 0 bridgehead atoms. The van der Waals surface area contributed by atoms with E-state index in [4.69, 9.17) is 0 Å². The molecule has 140 valence electrons. The standard InChI is InChI=1S/C18H13F4N3OS/c1-10(15(26)23-12-6-4-5-11(19)9-12)27-16-13-7-2-3-8-14(13)24-17(25-16)18(20,21)22/h2-10H,1H3,(H,23,26)/t10-/m1/s1. The molecule has 0 aliphatic rings. The van der Waals surface area contributed by atoms with Crippen LogP contribution in [0.3, 0.4) is 0 Å². The van der Waals surface area contributed by atoms with Crippen LogP contribution in [0.1, 0.15) is 12.7 Å². The van der Waals surface area contributed by atoms with Gasteiger partial charge in [0, 0.05) is 11.1 Å². The first-order valence-corrected chi connectivity index (χ1v) is 8.69. The normalized spacial score (nSPS) is 12.8. The minimum Gasteiger partial charge on any atom is -0.325 e. The number of para-hydroxylation sites is 1. The van der Waals surface area contributed by atoms with E-state index in [1.54, 1.807) is 18.2 Å². The van der Waals surface area contributed by atoms with Crippen molar-refractivity contribution in [1.29, 1.82) is 0 Å². The van der Waals surface area contributed by atoms with E-state index in [9.17, 15) is 22.4 Å². The molecule has 0 aliphatic carbocycles. The van der Waals surface area contributed by atoms with E-state index in [-0.39, 0.29) is 16.2 Å². The molecule has 1 atom stereocenters. The fourth-order valence-corrected chi connectivity index (χ4v) is 3.23. The van der Waals surface area contributed by atoms with Crippen molar-refractivity contribution >= 4 is 34.3 Å². The van der Waals surface area contributed by atoms with Gasteiger partial charge in [-0.2, -0.15) is 13.2 Å². The van der Waals surface area contributed by atoms with Crippen LogP contribution in [0, 0.1) is 5.82 Å². The van der Waals surface area contributed by atoms with Gasteiger partial charge in [0.2, 0.25) is 11.7 Å². The van der Waals surface area contributed by atoms with Gasteiger partial charge in [-0.05, 0) is 31.2 Å². The van der Waals surface area contributed by atoms with E-state index < -0.39 is 29.0 Å². The van der Waals surface area contributed by atoms with Crippen molar-refractivity contribution < 1.29 is 22.4 Å². The third-order valence-electron chi connectivity index (χ3n) is 3.57. The second-order valence-electron chi connectivity index (χ2n) is 5.63. The Kier molecular flexibility index (Phi) is 5.31. The number of carbonyl (C=O) groups excluding carboxylic acids is 1. The third-order valence-corrected chi connectivity index (χ3v) is 4.67. The molecule has 1 N–H and O–H groups in total. The van der Waals surface area contributed by atoms with Gasteiger partial charge < -0.3 is 5.32 Å². The number of amides is 1. The molecule has 0 radical (unpaired) electrons. The topological polar surface area (TPSA) is 54.9 Å². The van der Waals surface area contributed by atoms with Gasteiger partial charge in [-0.25, -0.2) is 14.4 Å². The zero-order valence-corrected chi connectivity index (χ0v) is 14.7. The SMILES string of the molecule is C[C@@H](Sc1nc(C(F)(F)F)nc2ccccc12)C(=O)Nc1cccc(F)c1. The van der Waals surface area contributed by atoms with Gasteiger partial charge in [-0.15, -0.1) is 0 Å². The van der Waals surface area contributed by atoms with E-state index in [0.717, 1.165) is 17.8 Å². The van der Waals surface area contributed by atoms with Gasteiger partial charge in [-0.1, -0.05) is 36.0 Å². The monoisotopic (exact) mass is 395 g/mol. The fraction of sp³-hybridized carbons (Fsp3) is 0.167. The van der Waals surface area contributed by atoms with Gasteiger partial charge in [-0.3, -0.25) is 4.79 Å². The first-order valence-electron chi connectivity index (χ1n) is 7.81. The molecule has 1 heterocycles. The van der Waals surface area contributed by atoms with Crippen molar-refractivity contribution in [1.82, 2.24) is 9.97 Å². The number of hydrogen-bond acceptors (Lipinski definition) is 4. The molecule has 0 fully saturated rings. The number of anilines is 1. The summed E-state index contributed by atoms with van der Waals surface area (Å²) in [6.45, 7) is 1.53. The lowest BCUT2D eigenvalue weighted by atomic mass is 10.2. The van der Waals surface area contributed by atoms with Crippen molar-refractivity contribution in [3.63, 3.8) is 0 Å². The molecule has 9 heteroatoms. The number of halogens is 4. The van der Waals surface area contributed by atoms with Gasteiger partial charge in [0.1, 0.15) is 10.8 Å². The predicted molar refractivity (Wildman–Crippen MR) is 94.9 cm³/mol. The lowest BCUT2D eigenvalue weighted by molar-refractivity contribution is -0.145. The lowest BCUT2D eigenvalue weighted by Crippen LogP contribution is -2.23. The number of hydrogen-bond donors (Lipinski definition) is 1. The second-order valence-corrected chi connectivity index (χ2v) is 6.96. The van der Waals surface area contributed by atoms with E-state index in [1.165, 1.54) is 31.2 Å².